The van der Waals surface area contributed by atoms with Crippen LogP contribution in [0.25, 0.3) is 10.4 Å². The number of nitrogens with zero attached hydrogens (tertiary/aromatic N) is 4. The van der Waals surface area contributed by atoms with Gasteiger partial charge in [0.15, 0.2) is 0 Å². The summed E-state index contributed by atoms with van der Waals surface area (Å²) >= 11 is 0. The van der Waals surface area contributed by atoms with Gasteiger partial charge < -0.3 is 9.64 Å². The Bertz CT molecular complexity index is 490. The fourth-order valence-electron chi connectivity index (χ4n) is 1.88. The van der Waals surface area contributed by atoms with Crippen LogP contribution in [-0.4, -0.2) is 36.3 Å². The van der Waals surface area contributed by atoms with Crippen molar-refractivity contribution in [2.75, 3.05) is 13.1 Å². The third-order valence-electron chi connectivity index (χ3n) is 2.88. The molecular weight excluding hydrogens is 251 g/mol. The van der Waals surface area contributed by atoms with Crippen LogP contribution < -0.4 is 0 Å². The molecule has 2 rings (SSSR count). The summed E-state index contributed by atoms with van der Waals surface area (Å²) in [6, 6.07) is 8.39. The lowest BCUT2D eigenvalue weighted by atomic mass is 10.2. The van der Waals surface area contributed by atoms with E-state index in [0.29, 0.717) is 0 Å². The lowest BCUT2D eigenvalue weighted by Crippen LogP contribution is -2.30. The van der Waals surface area contributed by atoms with Gasteiger partial charge in [0.25, 0.3) is 0 Å². The van der Waals surface area contributed by atoms with E-state index in [1.54, 1.807) is 0 Å². The average Bonchev–Trinajstić information content (AvgIpc) is 2.79. The van der Waals surface area contributed by atoms with Gasteiger partial charge in [0, 0.05) is 11.5 Å². The molecule has 0 aromatic heterocycles. The van der Waals surface area contributed by atoms with Crippen LogP contribution >= 0.6 is 0 Å². The number of alkyl halides is 1. The second-order valence-electron chi connectivity index (χ2n) is 4.23. The average molecular weight is 264 g/mol. The number of likely N-dealkylation sites (tertiary alicyclic amines) is 1. The lowest BCUT2D eigenvalue weighted by Gasteiger charge is -2.15. The Morgan fingerprint density at radius 2 is 2.21 bits per heavy atom. The molecule has 1 amide bonds. The minimum Gasteiger partial charge on any atom is -0.445 e. The van der Waals surface area contributed by atoms with Crippen molar-refractivity contribution in [1.82, 2.24) is 4.90 Å². The van der Waals surface area contributed by atoms with E-state index < -0.39 is 18.3 Å². The molecule has 0 saturated carbocycles. The van der Waals surface area contributed by atoms with E-state index in [9.17, 15) is 9.18 Å². The van der Waals surface area contributed by atoms with E-state index in [2.05, 4.69) is 10.0 Å². The van der Waals surface area contributed by atoms with Gasteiger partial charge >= 0.3 is 6.09 Å². The van der Waals surface area contributed by atoms with Gasteiger partial charge in [0.1, 0.15) is 12.8 Å². The number of hydrogen-bond donors (Lipinski definition) is 0. The highest BCUT2D eigenvalue weighted by molar-refractivity contribution is 5.68. The van der Waals surface area contributed by atoms with Crippen molar-refractivity contribution >= 4 is 6.09 Å². The highest BCUT2D eigenvalue weighted by Crippen LogP contribution is 2.18. The molecule has 1 aliphatic heterocycles. The van der Waals surface area contributed by atoms with Gasteiger partial charge in [-0.05, 0) is 11.1 Å². The largest absolute Gasteiger partial charge is 0.445 e. The van der Waals surface area contributed by atoms with Crippen molar-refractivity contribution in [2.24, 2.45) is 5.11 Å². The van der Waals surface area contributed by atoms with Crippen molar-refractivity contribution in [3.05, 3.63) is 46.3 Å². The molecule has 0 N–H and O–H groups in total. The van der Waals surface area contributed by atoms with Gasteiger partial charge in [-0.15, -0.1) is 0 Å². The minimum absolute atomic E-state index is 0.0544. The second kappa shape index (κ2) is 6.06. The smallest absolute Gasteiger partial charge is 0.410 e. The molecule has 0 spiro atoms. The Balaban J connectivity index is 1.86. The van der Waals surface area contributed by atoms with Crippen LogP contribution in [0.1, 0.15) is 5.56 Å². The first-order valence-corrected chi connectivity index (χ1v) is 5.84. The first-order chi connectivity index (χ1) is 9.20. The van der Waals surface area contributed by atoms with Gasteiger partial charge in [-0.3, -0.25) is 0 Å². The molecule has 100 valence electrons. The predicted molar refractivity (Wildman–Crippen MR) is 66.0 cm³/mol. The van der Waals surface area contributed by atoms with Crippen molar-refractivity contribution in [3.8, 4) is 0 Å². The molecule has 1 aromatic carbocycles. The molecule has 7 heteroatoms. The molecule has 2 atom stereocenters. The topological polar surface area (TPSA) is 78.3 Å². The number of ether oxygens (including phenoxy) is 1. The molecule has 0 radical (unpaired) electrons. The normalized spacial score (nSPS) is 21.8. The molecule has 0 unspecified atom stereocenters. The maximum Gasteiger partial charge on any atom is 0.410 e. The molecule has 1 aliphatic rings. The summed E-state index contributed by atoms with van der Waals surface area (Å²) in [6.07, 6.45) is -1.93. The molecule has 0 bridgehead atoms. The molecule has 1 aromatic rings. The van der Waals surface area contributed by atoms with Crippen LogP contribution in [0, 0.1) is 0 Å². The van der Waals surface area contributed by atoms with Crippen LogP contribution in [0.15, 0.2) is 35.4 Å². The summed E-state index contributed by atoms with van der Waals surface area (Å²) in [5.41, 5.74) is 9.14. The molecule has 1 heterocycles. The third-order valence-corrected chi connectivity index (χ3v) is 2.88. The van der Waals surface area contributed by atoms with E-state index >= 15 is 0 Å². The maximum atomic E-state index is 13.4. The molecule has 19 heavy (non-hydrogen) atoms. The van der Waals surface area contributed by atoms with Gasteiger partial charge in [0.05, 0.1) is 12.6 Å². The van der Waals surface area contributed by atoms with Gasteiger partial charge in [0.2, 0.25) is 0 Å². The van der Waals surface area contributed by atoms with Gasteiger partial charge in [-0.1, -0.05) is 35.4 Å². The number of benzene rings is 1. The summed E-state index contributed by atoms with van der Waals surface area (Å²) in [5, 5.41) is 3.31. The quantitative estimate of drug-likeness (QED) is 0.478. The Morgan fingerprint density at radius 3 is 2.89 bits per heavy atom. The van der Waals surface area contributed by atoms with E-state index in [-0.39, 0.29) is 19.7 Å². The molecule has 0 aliphatic carbocycles. The predicted octanol–water partition coefficient (Wildman–Crippen LogP) is 2.66. The standard InChI is InChI=1S/C12H13FN4O2/c13-10-6-17(7-11(10)15-16-14)12(18)19-8-9-4-2-1-3-5-9/h1-5,10-11H,6-8H2/t10-,11-/m1/s1. The first-order valence-electron chi connectivity index (χ1n) is 5.84. The fourth-order valence-corrected chi connectivity index (χ4v) is 1.88. The second-order valence-corrected chi connectivity index (χ2v) is 4.23. The summed E-state index contributed by atoms with van der Waals surface area (Å²) in [5.74, 6) is 0. The monoisotopic (exact) mass is 264 g/mol. The van der Waals surface area contributed by atoms with Gasteiger partial charge in [-0.2, -0.15) is 0 Å². The Hall–Kier alpha value is -2.27. The fraction of sp³-hybridized carbons (Fsp3) is 0.417. The molecule has 6 nitrogen and oxygen atoms in total. The number of carbonyl (C=O) groups is 1. The van der Waals surface area contributed by atoms with Crippen LogP contribution in [0.4, 0.5) is 9.18 Å². The van der Waals surface area contributed by atoms with Crippen molar-refractivity contribution in [2.45, 2.75) is 18.8 Å². The third kappa shape index (κ3) is 3.35. The number of carbonyl (C=O) groups excluding carboxylic acids is 1. The number of amides is 1. The van der Waals surface area contributed by atoms with E-state index in [0.717, 1.165) is 5.56 Å². The number of rotatable bonds is 3. The molecule has 1 saturated heterocycles. The van der Waals surface area contributed by atoms with E-state index in [1.165, 1.54) is 4.90 Å². The zero-order chi connectivity index (χ0) is 13.7. The van der Waals surface area contributed by atoms with Crippen LogP contribution in [0.3, 0.4) is 0 Å². The highest BCUT2D eigenvalue weighted by atomic mass is 19.1. The van der Waals surface area contributed by atoms with Crippen LogP contribution in [0.5, 0.6) is 0 Å². The number of hydrogen-bond acceptors (Lipinski definition) is 3. The van der Waals surface area contributed by atoms with Crippen molar-refractivity contribution in [3.63, 3.8) is 0 Å². The first kappa shape index (κ1) is 13.2. The minimum atomic E-state index is -1.33. The molecular formula is C12H13FN4O2. The van der Waals surface area contributed by atoms with Crippen LogP contribution in [0.2, 0.25) is 0 Å². The Kier molecular flexibility index (Phi) is 4.20. The van der Waals surface area contributed by atoms with Gasteiger partial charge in [-0.25, -0.2) is 9.18 Å². The summed E-state index contributed by atoms with van der Waals surface area (Å²) in [6.45, 7) is 0.0927. The molecule has 1 fully saturated rings. The Morgan fingerprint density at radius 1 is 1.47 bits per heavy atom. The van der Waals surface area contributed by atoms with E-state index in [1.807, 2.05) is 30.3 Å². The summed E-state index contributed by atoms with van der Waals surface area (Å²) < 4.78 is 18.5. The number of azide groups is 1. The lowest BCUT2D eigenvalue weighted by molar-refractivity contribution is 0.102. The number of halogens is 1. The Labute approximate surface area is 109 Å². The maximum absolute atomic E-state index is 13.4. The SMILES string of the molecule is [N-]=[N+]=N[C@@H]1CN(C(=O)OCc2ccccc2)C[C@H]1F. The zero-order valence-corrected chi connectivity index (χ0v) is 10.1. The summed E-state index contributed by atoms with van der Waals surface area (Å²) in [4.78, 5) is 15.5. The highest BCUT2D eigenvalue weighted by Gasteiger charge is 2.35. The summed E-state index contributed by atoms with van der Waals surface area (Å²) in [7, 11) is 0. The van der Waals surface area contributed by atoms with E-state index in [4.69, 9.17) is 10.3 Å². The zero-order valence-electron chi connectivity index (χ0n) is 10.1. The van der Waals surface area contributed by atoms with Crippen molar-refractivity contribution < 1.29 is 13.9 Å². The van der Waals surface area contributed by atoms with Crippen molar-refractivity contribution in [1.29, 1.82) is 0 Å². The van der Waals surface area contributed by atoms with Crippen LogP contribution in [-0.2, 0) is 11.3 Å².